The van der Waals surface area contributed by atoms with Crippen molar-refractivity contribution < 1.29 is 4.79 Å². The second-order valence-corrected chi connectivity index (χ2v) is 8.92. The summed E-state index contributed by atoms with van der Waals surface area (Å²) in [5.41, 5.74) is 8.35. The van der Waals surface area contributed by atoms with E-state index in [1.165, 1.54) is 39.7 Å². The molecular weight excluding hydrogens is 392 g/mol. The monoisotopic (exact) mass is 418 g/mol. The number of fused-ring (bicyclic) bond motifs is 1. The fourth-order valence-electron chi connectivity index (χ4n) is 5.31. The average molecular weight is 419 g/mol. The van der Waals surface area contributed by atoms with E-state index < -0.39 is 0 Å². The molecule has 0 radical (unpaired) electrons. The Hall–Kier alpha value is -3.59. The zero-order valence-corrected chi connectivity index (χ0v) is 18.1. The Morgan fingerprint density at radius 3 is 2.44 bits per heavy atom. The highest BCUT2D eigenvalue weighted by molar-refractivity contribution is 6.10. The van der Waals surface area contributed by atoms with Gasteiger partial charge in [-0.05, 0) is 77.6 Å². The number of amides is 1. The summed E-state index contributed by atoms with van der Waals surface area (Å²) in [6.45, 7) is 1.94. The van der Waals surface area contributed by atoms with Crippen LogP contribution < -0.4 is 10.2 Å². The molecule has 0 saturated heterocycles. The lowest BCUT2D eigenvalue weighted by Crippen LogP contribution is -2.28. The molecule has 4 aromatic rings. The predicted octanol–water partition coefficient (Wildman–Crippen LogP) is 6.14. The van der Waals surface area contributed by atoms with Crippen LogP contribution in [0.3, 0.4) is 0 Å². The quantitative estimate of drug-likeness (QED) is 0.431. The molecular formula is C29H26N2O. The number of carbonyl (C=O) groups is 1. The maximum atomic E-state index is 13.0. The number of benzene rings is 4. The summed E-state index contributed by atoms with van der Waals surface area (Å²) in [4.78, 5) is 15.4. The van der Waals surface area contributed by atoms with Crippen LogP contribution in [0.1, 0.15) is 39.0 Å². The van der Waals surface area contributed by atoms with E-state index in [4.69, 9.17) is 0 Å². The first-order valence-electron chi connectivity index (χ1n) is 11.5. The molecule has 0 bridgehead atoms. The van der Waals surface area contributed by atoms with E-state index >= 15 is 0 Å². The molecule has 4 aromatic carbocycles. The number of nitrogens with zero attached hydrogens (tertiary/aromatic N) is 1. The molecule has 158 valence electrons. The molecule has 32 heavy (non-hydrogen) atoms. The third-order valence-corrected chi connectivity index (χ3v) is 6.92. The Morgan fingerprint density at radius 2 is 1.56 bits per heavy atom. The van der Waals surface area contributed by atoms with Crippen molar-refractivity contribution in [3.8, 4) is 0 Å². The van der Waals surface area contributed by atoms with Gasteiger partial charge >= 0.3 is 0 Å². The molecule has 3 heteroatoms. The minimum atomic E-state index is -0.0569. The molecule has 0 unspecified atom stereocenters. The first-order chi connectivity index (χ1) is 15.8. The number of aryl methyl sites for hydroxylation is 3. The molecule has 1 aliphatic carbocycles. The molecule has 0 saturated carbocycles. The molecule has 0 atom stereocenters. The molecule has 1 N–H and O–H groups in total. The van der Waals surface area contributed by atoms with Crippen molar-refractivity contribution in [2.24, 2.45) is 0 Å². The summed E-state index contributed by atoms with van der Waals surface area (Å²) in [5, 5.41) is 5.61. The third-order valence-electron chi connectivity index (χ3n) is 6.92. The molecule has 3 nitrogen and oxygen atoms in total. The van der Waals surface area contributed by atoms with Crippen LogP contribution in [0.2, 0.25) is 0 Å². The lowest BCUT2D eigenvalue weighted by molar-refractivity contribution is 0.102. The Balaban J connectivity index is 1.20. The van der Waals surface area contributed by atoms with Gasteiger partial charge in [-0.2, -0.15) is 0 Å². The van der Waals surface area contributed by atoms with Crippen molar-refractivity contribution in [1.82, 2.24) is 0 Å². The van der Waals surface area contributed by atoms with Crippen molar-refractivity contribution in [2.45, 2.75) is 32.2 Å². The molecule has 1 amide bonds. The van der Waals surface area contributed by atoms with Crippen LogP contribution in [-0.2, 0) is 25.8 Å². The Labute approximate surface area is 188 Å². The third kappa shape index (κ3) is 3.34. The van der Waals surface area contributed by atoms with E-state index in [2.05, 4.69) is 70.9 Å². The molecule has 0 fully saturated rings. The van der Waals surface area contributed by atoms with Crippen molar-refractivity contribution in [2.75, 3.05) is 16.8 Å². The van der Waals surface area contributed by atoms with E-state index in [1.807, 2.05) is 18.2 Å². The Morgan fingerprint density at radius 1 is 0.781 bits per heavy atom. The van der Waals surface area contributed by atoms with Gasteiger partial charge in [0.15, 0.2) is 0 Å². The molecule has 0 spiro atoms. The zero-order chi connectivity index (χ0) is 21.5. The number of rotatable bonds is 4. The van der Waals surface area contributed by atoms with Gasteiger partial charge in [0.25, 0.3) is 5.91 Å². The standard InChI is InChI=1S/C29H26N2O/c32-29(30-26-17-16-23-15-14-22-6-3-8-25(26)28(22)23)24-12-10-20(11-13-24)19-31-18-4-7-21-5-1-2-9-27(21)31/h1-3,5-6,8-13,16-17H,4,7,14-15,18-19H2,(H,30,32). The normalized spacial score (nSPS) is 14.4. The second kappa shape index (κ2) is 7.83. The van der Waals surface area contributed by atoms with Crippen molar-refractivity contribution in [3.05, 3.63) is 107 Å². The number of nitrogens with one attached hydrogen (secondary N) is 1. The molecule has 1 heterocycles. The minimum Gasteiger partial charge on any atom is -0.367 e. The van der Waals surface area contributed by atoms with Crippen molar-refractivity contribution >= 4 is 28.1 Å². The molecule has 0 aromatic heterocycles. The van der Waals surface area contributed by atoms with Crippen LogP contribution >= 0.6 is 0 Å². The van der Waals surface area contributed by atoms with Gasteiger partial charge in [0.2, 0.25) is 0 Å². The zero-order valence-electron chi connectivity index (χ0n) is 18.1. The van der Waals surface area contributed by atoms with Gasteiger partial charge in [-0.3, -0.25) is 4.79 Å². The van der Waals surface area contributed by atoms with Gasteiger partial charge in [0, 0.05) is 35.4 Å². The fourth-order valence-corrected chi connectivity index (χ4v) is 5.31. The first kappa shape index (κ1) is 19.1. The number of anilines is 2. The number of hydrogen-bond acceptors (Lipinski definition) is 2. The second-order valence-electron chi connectivity index (χ2n) is 8.92. The Kier molecular flexibility index (Phi) is 4.68. The number of para-hydroxylation sites is 1. The highest BCUT2D eigenvalue weighted by atomic mass is 16.1. The van der Waals surface area contributed by atoms with Gasteiger partial charge in [0.1, 0.15) is 0 Å². The summed E-state index contributed by atoms with van der Waals surface area (Å²) in [6.07, 6.45) is 4.52. The average Bonchev–Trinajstić information content (AvgIpc) is 3.26. The van der Waals surface area contributed by atoms with Crippen LogP contribution in [0.25, 0.3) is 10.8 Å². The van der Waals surface area contributed by atoms with Crippen LogP contribution in [0, 0.1) is 0 Å². The maximum Gasteiger partial charge on any atom is 0.255 e. The topological polar surface area (TPSA) is 32.3 Å². The summed E-state index contributed by atoms with van der Waals surface area (Å²) in [5.74, 6) is -0.0569. The lowest BCUT2D eigenvalue weighted by atomic mass is 10.0. The van der Waals surface area contributed by atoms with Crippen LogP contribution in [-0.4, -0.2) is 12.5 Å². The Bertz CT molecular complexity index is 1310. The van der Waals surface area contributed by atoms with Gasteiger partial charge in [-0.1, -0.05) is 54.6 Å². The number of carbonyl (C=O) groups excluding carboxylic acids is 1. The predicted molar refractivity (Wildman–Crippen MR) is 132 cm³/mol. The maximum absolute atomic E-state index is 13.0. The smallest absolute Gasteiger partial charge is 0.255 e. The minimum absolute atomic E-state index is 0.0569. The van der Waals surface area contributed by atoms with Crippen LogP contribution in [0.5, 0.6) is 0 Å². The first-order valence-corrected chi connectivity index (χ1v) is 11.5. The van der Waals surface area contributed by atoms with Gasteiger partial charge < -0.3 is 10.2 Å². The fraction of sp³-hybridized carbons (Fsp3) is 0.207. The van der Waals surface area contributed by atoms with Gasteiger partial charge in [0.05, 0.1) is 0 Å². The van der Waals surface area contributed by atoms with E-state index in [0.29, 0.717) is 5.56 Å². The molecule has 1 aliphatic heterocycles. The largest absolute Gasteiger partial charge is 0.367 e. The number of hydrogen-bond donors (Lipinski definition) is 1. The SMILES string of the molecule is O=C(Nc1ccc2c3c(cccc13)CC2)c1ccc(CN2CCCc3ccccc32)cc1. The van der Waals surface area contributed by atoms with Gasteiger partial charge in [-0.25, -0.2) is 0 Å². The van der Waals surface area contributed by atoms with E-state index in [1.54, 1.807) is 0 Å². The van der Waals surface area contributed by atoms with E-state index in [9.17, 15) is 4.79 Å². The summed E-state index contributed by atoms with van der Waals surface area (Å²) < 4.78 is 0. The van der Waals surface area contributed by atoms with Crippen LogP contribution in [0.4, 0.5) is 11.4 Å². The highest BCUT2D eigenvalue weighted by Gasteiger charge is 2.18. The van der Waals surface area contributed by atoms with E-state index in [0.717, 1.165) is 43.4 Å². The summed E-state index contributed by atoms with van der Waals surface area (Å²) in [7, 11) is 0. The molecule has 2 aliphatic rings. The van der Waals surface area contributed by atoms with E-state index in [-0.39, 0.29) is 5.91 Å². The lowest BCUT2D eigenvalue weighted by Gasteiger charge is -2.31. The van der Waals surface area contributed by atoms with Gasteiger partial charge in [-0.15, -0.1) is 0 Å². The van der Waals surface area contributed by atoms with Crippen molar-refractivity contribution in [3.63, 3.8) is 0 Å². The summed E-state index contributed by atoms with van der Waals surface area (Å²) in [6, 6.07) is 27.4. The van der Waals surface area contributed by atoms with Crippen molar-refractivity contribution in [1.29, 1.82) is 0 Å². The molecule has 6 rings (SSSR count). The van der Waals surface area contributed by atoms with Crippen LogP contribution in [0.15, 0.2) is 78.9 Å². The highest BCUT2D eigenvalue weighted by Crippen LogP contribution is 2.35. The summed E-state index contributed by atoms with van der Waals surface area (Å²) >= 11 is 0.